The van der Waals surface area contributed by atoms with Crippen LogP contribution in [0.1, 0.15) is 348 Å². The number of allylic oxidation sites excluding steroid dienone is 1. The third-order valence-electron chi connectivity index (χ3n) is 20.6. The van der Waals surface area contributed by atoms with Gasteiger partial charge < -0.3 is 89.9 Å². The predicted octanol–water partition coefficient (Wildman–Crippen LogP) is 13.2. The highest BCUT2D eigenvalue weighted by Gasteiger charge is 2.54. The average Bonchev–Trinajstić information content (AvgIpc) is 0.790. The zero-order valence-corrected chi connectivity index (χ0v) is 61.3. The fourth-order valence-electron chi connectivity index (χ4n) is 14.1. The van der Waals surface area contributed by atoms with Crippen molar-refractivity contribution in [2.75, 3.05) is 26.4 Å². The van der Waals surface area contributed by atoms with Crippen LogP contribution in [0.25, 0.3) is 0 Å². The van der Waals surface area contributed by atoms with E-state index >= 15 is 0 Å². The predicted molar refractivity (Wildman–Crippen MR) is 383 cm³/mol. The van der Waals surface area contributed by atoms with E-state index < -0.39 is 124 Å². The number of ether oxygens (including phenoxy) is 6. The lowest BCUT2D eigenvalue weighted by molar-refractivity contribution is -0.379. The van der Waals surface area contributed by atoms with Crippen LogP contribution in [0.2, 0.25) is 0 Å². The topological polar surface area (TPSA) is 307 Å². The summed E-state index contributed by atoms with van der Waals surface area (Å²) in [6.45, 7) is 1.80. The van der Waals surface area contributed by atoms with Crippen molar-refractivity contribution in [3.8, 4) is 0 Å². The number of hydrogen-bond donors (Lipinski definition) is 12. The minimum Gasteiger partial charge on any atom is -0.394 e. The Bertz CT molecular complexity index is 1800. The van der Waals surface area contributed by atoms with Gasteiger partial charge in [-0.05, 0) is 19.3 Å². The first-order valence-electron chi connectivity index (χ1n) is 40.4. The van der Waals surface area contributed by atoms with Crippen molar-refractivity contribution >= 4 is 5.91 Å². The quantitative estimate of drug-likeness (QED) is 0.0199. The van der Waals surface area contributed by atoms with Gasteiger partial charge in [0.25, 0.3) is 0 Å². The molecule has 19 nitrogen and oxygen atoms in total. The smallest absolute Gasteiger partial charge is 0.220 e. The molecule has 17 atom stereocenters. The first-order chi connectivity index (χ1) is 47.3. The number of carbonyl (C=O) groups is 1. The highest BCUT2D eigenvalue weighted by molar-refractivity contribution is 5.76. The third kappa shape index (κ3) is 40.4. The van der Waals surface area contributed by atoms with E-state index in [0.717, 1.165) is 44.9 Å². The second-order valence-electron chi connectivity index (χ2n) is 29.2. The van der Waals surface area contributed by atoms with Gasteiger partial charge in [-0.1, -0.05) is 334 Å². The van der Waals surface area contributed by atoms with Gasteiger partial charge in [0.1, 0.15) is 73.2 Å². The Balaban J connectivity index is 1.37. The second kappa shape index (κ2) is 59.9. The molecule has 3 aliphatic rings. The molecule has 0 radical (unpaired) electrons. The molecule has 3 aliphatic heterocycles. The van der Waals surface area contributed by atoms with Gasteiger partial charge in [-0.2, -0.15) is 0 Å². The summed E-state index contributed by atoms with van der Waals surface area (Å²) in [5, 5.41) is 121. The van der Waals surface area contributed by atoms with E-state index in [0.29, 0.717) is 6.42 Å². The van der Waals surface area contributed by atoms with Crippen LogP contribution in [0, 0.1) is 0 Å². The molecule has 0 aromatic heterocycles. The maximum absolute atomic E-state index is 13.5. The molecule has 0 spiro atoms. The van der Waals surface area contributed by atoms with Crippen molar-refractivity contribution in [3.05, 3.63) is 12.2 Å². The Morgan fingerprint density at radius 1 is 0.361 bits per heavy atom. The molecule has 0 aromatic rings. The zero-order chi connectivity index (χ0) is 70.4. The normalized spacial score (nSPS) is 26.9. The van der Waals surface area contributed by atoms with Gasteiger partial charge in [0.05, 0.1) is 38.6 Å². The van der Waals surface area contributed by atoms with Gasteiger partial charge in [-0.3, -0.25) is 4.79 Å². The van der Waals surface area contributed by atoms with Crippen molar-refractivity contribution in [1.82, 2.24) is 5.32 Å². The van der Waals surface area contributed by atoms with E-state index in [-0.39, 0.29) is 18.9 Å². The number of rotatable bonds is 65. The van der Waals surface area contributed by atoms with Crippen LogP contribution in [0.4, 0.5) is 0 Å². The Morgan fingerprint density at radius 3 is 0.969 bits per heavy atom. The van der Waals surface area contributed by atoms with Crippen molar-refractivity contribution in [2.45, 2.75) is 452 Å². The molecule has 1 amide bonds. The molecule has 574 valence electrons. The molecule has 17 unspecified atom stereocenters. The summed E-state index contributed by atoms with van der Waals surface area (Å²) in [6.07, 6.45) is 43.5. The van der Waals surface area contributed by atoms with E-state index in [9.17, 15) is 61.0 Å². The molecular weight excluding hydrogens is 1240 g/mol. The van der Waals surface area contributed by atoms with Gasteiger partial charge in [0, 0.05) is 6.42 Å². The average molecular weight is 1390 g/mol. The lowest BCUT2D eigenvalue weighted by Crippen LogP contribution is -2.66. The fourth-order valence-corrected chi connectivity index (χ4v) is 14.1. The molecular formula is C78H149NO18. The van der Waals surface area contributed by atoms with Gasteiger partial charge in [-0.15, -0.1) is 0 Å². The van der Waals surface area contributed by atoms with E-state index in [1.165, 1.54) is 276 Å². The molecule has 0 aromatic carbocycles. The van der Waals surface area contributed by atoms with Gasteiger partial charge in [-0.25, -0.2) is 0 Å². The fraction of sp³-hybridized carbons (Fsp3) is 0.962. The minimum absolute atomic E-state index is 0.250. The van der Waals surface area contributed by atoms with E-state index in [1.54, 1.807) is 6.08 Å². The molecule has 0 aliphatic carbocycles. The lowest BCUT2D eigenvalue weighted by Gasteiger charge is -2.48. The van der Waals surface area contributed by atoms with Gasteiger partial charge >= 0.3 is 0 Å². The summed E-state index contributed by atoms with van der Waals surface area (Å²) in [5.41, 5.74) is 0. The Morgan fingerprint density at radius 2 is 0.639 bits per heavy atom. The number of amides is 1. The maximum Gasteiger partial charge on any atom is 0.220 e. The molecule has 0 saturated carbocycles. The third-order valence-corrected chi connectivity index (χ3v) is 20.6. The number of unbranched alkanes of at least 4 members (excludes halogenated alkanes) is 49. The molecule has 3 fully saturated rings. The molecule has 3 saturated heterocycles. The van der Waals surface area contributed by atoms with Crippen LogP contribution in [-0.2, 0) is 33.2 Å². The molecule has 19 heteroatoms. The molecule has 12 N–H and O–H groups in total. The standard InChI is InChI=1S/C78H149NO18/c1-3-5-7-9-11-13-15-17-19-21-23-25-27-28-29-30-31-32-33-34-36-38-40-42-44-46-48-50-52-54-56-66(84)79-61(62(83)55-53-51-49-47-45-43-41-39-37-35-26-24-22-20-18-16-14-12-10-8-6-4-2)60-92-76-72(90)69(87)74(64(58-81)94-76)97-78-73(91)70(88)75(65(59-82)95-78)96-77-71(89)68(86)67(85)63(57-80)93-77/h53,55,61-65,67-78,80-83,85-91H,3-52,54,56-60H2,1-2H3,(H,79,84)/b55-53+. The summed E-state index contributed by atoms with van der Waals surface area (Å²) in [4.78, 5) is 13.5. The second-order valence-corrected chi connectivity index (χ2v) is 29.2. The minimum atomic E-state index is -1.98. The Labute approximate surface area is 588 Å². The maximum atomic E-state index is 13.5. The molecule has 3 rings (SSSR count). The first-order valence-corrected chi connectivity index (χ1v) is 40.4. The summed E-state index contributed by atoms with van der Waals surface area (Å²) >= 11 is 0. The summed E-state index contributed by atoms with van der Waals surface area (Å²) in [5.74, 6) is -0.266. The highest BCUT2D eigenvalue weighted by atomic mass is 16.8. The first kappa shape index (κ1) is 89.7. The van der Waals surface area contributed by atoms with Crippen LogP contribution in [0.15, 0.2) is 12.2 Å². The number of hydrogen-bond acceptors (Lipinski definition) is 18. The number of aliphatic hydroxyl groups excluding tert-OH is 11. The Kier molecular flexibility index (Phi) is 55.4. The van der Waals surface area contributed by atoms with E-state index in [4.69, 9.17) is 28.4 Å². The van der Waals surface area contributed by atoms with Crippen molar-refractivity contribution in [2.24, 2.45) is 0 Å². The van der Waals surface area contributed by atoms with Crippen molar-refractivity contribution in [1.29, 1.82) is 0 Å². The molecule has 0 bridgehead atoms. The largest absolute Gasteiger partial charge is 0.394 e. The van der Waals surface area contributed by atoms with Crippen LogP contribution in [-0.4, -0.2) is 193 Å². The van der Waals surface area contributed by atoms with Crippen molar-refractivity contribution in [3.63, 3.8) is 0 Å². The summed E-state index contributed by atoms with van der Waals surface area (Å²) < 4.78 is 34.5. The van der Waals surface area contributed by atoms with Crippen LogP contribution in [0.3, 0.4) is 0 Å². The molecule has 3 heterocycles. The number of carbonyl (C=O) groups excluding carboxylic acids is 1. The zero-order valence-electron chi connectivity index (χ0n) is 61.3. The Hall–Kier alpha value is -1.47. The van der Waals surface area contributed by atoms with Gasteiger partial charge in [0.15, 0.2) is 18.9 Å². The molecule has 97 heavy (non-hydrogen) atoms. The highest BCUT2D eigenvalue weighted by Crippen LogP contribution is 2.33. The van der Waals surface area contributed by atoms with Crippen LogP contribution < -0.4 is 5.32 Å². The number of aliphatic hydroxyl groups is 11. The summed E-state index contributed by atoms with van der Waals surface area (Å²) in [6, 6.07) is -0.970. The van der Waals surface area contributed by atoms with Gasteiger partial charge in [0.2, 0.25) is 5.91 Å². The van der Waals surface area contributed by atoms with Crippen molar-refractivity contribution < 1.29 is 89.4 Å². The summed E-state index contributed by atoms with van der Waals surface area (Å²) in [7, 11) is 0. The van der Waals surface area contributed by atoms with Crippen LogP contribution in [0.5, 0.6) is 0 Å². The monoisotopic (exact) mass is 1390 g/mol. The lowest BCUT2D eigenvalue weighted by atomic mass is 9.96. The van der Waals surface area contributed by atoms with Crippen LogP contribution >= 0.6 is 0 Å². The SMILES string of the molecule is CCCCCCCCCCCCCCCCCCCCCC/C=C/C(O)C(COC1OC(CO)C(OC2OC(CO)C(OC3OC(CO)C(O)C(O)C3O)C(O)C2O)C(O)C1O)NC(=O)CCCCCCCCCCCCCCCCCCCCCCCCCCCCCCCC. The number of nitrogens with one attached hydrogen (secondary N) is 1. The van der Waals surface area contributed by atoms with E-state index in [2.05, 4.69) is 19.2 Å². The van der Waals surface area contributed by atoms with E-state index in [1.807, 2.05) is 6.08 Å².